The highest BCUT2D eigenvalue weighted by Gasteiger charge is 2.38. The van der Waals surface area contributed by atoms with Gasteiger partial charge in [0.1, 0.15) is 11.6 Å². The third-order valence-corrected chi connectivity index (χ3v) is 1.83. The highest BCUT2D eigenvalue weighted by Crippen LogP contribution is 2.17. The molecule has 0 aromatic rings. The molecule has 0 aliphatic heterocycles. The van der Waals surface area contributed by atoms with Crippen LogP contribution < -0.4 is 5.43 Å². The number of carbonyl (C=O) groups excluding carboxylic acids is 2. The van der Waals surface area contributed by atoms with E-state index >= 15 is 0 Å². The first-order valence-electron chi connectivity index (χ1n) is 5.29. The number of hydrogen-bond acceptors (Lipinski definition) is 5. The van der Waals surface area contributed by atoms with Crippen LogP contribution in [0.25, 0.3) is 0 Å². The second-order valence-corrected chi connectivity index (χ2v) is 4.00. The molecule has 0 unspecified atom stereocenters. The Bertz CT molecular complexity index is 487. The number of nitriles is 1. The fraction of sp³-hybridized carbons (Fsp3) is 0.455. The van der Waals surface area contributed by atoms with Gasteiger partial charge in [0.2, 0.25) is 5.78 Å². The molecule has 0 spiro atoms. The van der Waals surface area contributed by atoms with Gasteiger partial charge in [-0.2, -0.15) is 23.5 Å². The lowest BCUT2D eigenvalue weighted by Gasteiger charge is -2.06. The molecule has 1 amide bonds. The maximum absolute atomic E-state index is 12.0. The molecular formula is C11H13F3N4O2. The number of ketones is 1. The van der Waals surface area contributed by atoms with Crippen LogP contribution in [0.3, 0.4) is 0 Å². The van der Waals surface area contributed by atoms with Crippen LogP contribution in [0.5, 0.6) is 0 Å². The van der Waals surface area contributed by atoms with Gasteiger partial charge in [-0.1, -0.05) is 0 Å². The SMILES string of the molecule is CC(CC(=O)C(F)(F)F)=NNC(=O)C(C#N)=CN(C)C. The first kappa shape index (κ1) is 17.6. The second-order valence-electron chi connectivity index (χ2n) is 4.00. The van der Waals surface area contributed by atoms with Gasteiger partial charge in [0, 0.05) is 26.0 Å². The summed E-state index contributed by atoms with van der Waals surface area (Å²) in [6, 6.07) is 1.61. The normalized spacial score (nSPS) is 12.7. The molecule has 0 aromatic carbocycles. The van der Waals surface area contributed by atoms with E-state index in [1.165, 1.54) is 11.1 Å². The van der Waals surface area contributed by atoms with Crippen molar-refractivity contribution in [1.82, 2.24) is 10.3 Å². The van der Waals surface area contributed by atoms with E-state index in [2.05, 4.69) is 5.10 Å². The Morgan fingerprint density at radius 3 is 2.35 bits per heavy atom. The van der Waals surface area contributed by atoms with E-state index in [1.54, 1.807) is 20.2 Å². The number of alkyl halides is 3. The van der Waals surface area contributed by atoms with Crippen LogP contribution >= 0.6 is 0 Å². The van der Waals surface area contributed by atoms with E-state index in [0.29, 0.717) is 0 Å². The smallest absolute Gasteiger partial charge is 0.382 e. The Morgan fingerprint density at radius 1 is 1.40 bits per heavy atom. The van der Waals surface area contributed by atoms with Crippen molar-refractivity contribution in [1.29, 1.82) is 5.26 Å². The van der Waals surface area contributed by atoms with Crippen LogP contribution in [0.1, 0.15) is 13.3 Å². The number of rotatable bonds is 5. The third-order valence-electron chi connectivity index (χ3n) is 1.83. The van der Waals surface area contributed by atoms with Crippen molar-refractivity contribution in [3.63, 3.8) is 0 Å². The largest absolute Gasteiger partial charge is 0.450 e. The van der Waals surface area contributed by atoms with Crippen molar-refractivity contribution < 1.29 is 22.8 Å². The number of amides is 1. The molecule has 0 bridgehead atoms. The zero-order valence-electron chi connectivity index (χ0n) is 11.1. The van der Waals surface area contributed by atoms with Crippen molar-refractivity contribution in [2.24, 2.45) is 5.10 Å². The summed E-state index contributed by atoms with van der Waals surface area (Å²) in [7, 11) is 3.17. The number of hydrazone groups is 1. The molecule has 0 saturated heterocycles. The van der Waals surface area contributed by atoms with E-state index in [4.69, 9.17) is 5.26 Å². The van der Waals surface area contributed by atoms with Gasteiger partial charge in [-0.3, -0.25) is 9.59 Å². The summed E-state index contributed by atoms with van der Waals surface area (Å²) in [6.45, 7) is 1.16. The maximum Gasteiger partial charge on any atom is 0.450 e. The minimum absolute atomic E-state index is 0.220. The van der Waals surface area contributed by atoms with Crippen molar-refractivity contribution in [3.05, 3.63) is 11.8 Å². The molecule has 0 aliphatic carbocycles. The number of hydrogen-bond donors (Lipinski definition) is 1. The van der Waals surface area contributed by atoms with Gasteiger partial charge in [0.15, 0.2) is 0 Å². The lowest BCUT2D eigenvalue weighted by atomic mass is 10.2. The number of nitrogens with zero attached hydrogens (tertiary/aromatic N) is 3. The maximum atomic E-state index is 12.0. The topological polar surface area (TPSA) is 85.6 Å². The summed E-state index contributed by atoms with van der Waals surface area (Å²) in [6.07, 6.45) is -4.67. The first-order chi connectivity index (χ1) is 9.07. The van der Waals surface area contributed by atoms with Crippen LogP contribution in [0.15, 0.2) is 16.9 Å². The third kappa shape index (κ3) is 6.53. The molecular weight excluding hydrogens is 277 g/mol. The number of Topliss-reactive ketones (excluding diaryl/α,β-unsaturated/α-hetero) is 1. The van der Waals surface area contributed by atoms with Crippen LogP contribution in [-0.2, 0) is 9.59 Å². The zero-order valence-corrected chi connectivity index (χ0v) is 11.1. The minimum Gasteiger partial charge on any atom is -0.382 e. The average Bonchev–Trinajstić information content (AvgIpc) is 2.31. The van der Waals surface area contributed by atoms with E-state index in [1.807, 2.05) is 5.43 Å². The standard InChI is InChI=1S/C11H13F3N4O2/c1-7(4-9(19)11(12,13)14)16-17-10(20)8(5-15)6-18(2)3/h6H,4H2,1-3H3,(H,17,20). The minimum atomic E-state index is -4.94. The van der Waals surface area contributed by atoms with Crippen LogP contribution in [0.2, 0.25) is 0 Å². The Balaban J connectivity index is 4.68. The molecule has 6 nitrogen and oxygen atoms in total. The Morgan fingerprint density at radius 2 is 1.95 bits per heavy atom. The molecule has 0 saturated carbocycles. The second kappa shape index (κ2) is 7.28. The summed E-state index contributed by atoms with van der Waals surface area (Å²) >= 11 is 0. The van der Waals surface area contributed by atoms with E-state index in [0.717, 1.165) is 6.92 Å². The van der Waals surface area contributed by atoms with Gasteiger partial charge in [0.25, 0.3) is 5.91 Å². The van der Waals surface area contributed by atoms with Gasteiger partial charge in [-0.15, -0.1) is 0 Å². The molecule has 0 aromatic heterocycles. The summed E-state index contributed by atoms with van der Waals surface area (Å²) < 4.78 is 36.0. The lowest BCUT2D eigenvalue weighted by molar-refractivity contribution is -0.169. The molecule has 110 valence electrons. The molecule has 0 radical (unpaired) electrons. The van der Waals surface area contributed by atoms with Gasteiger partial charge < -0.3 is 4.90 Å². The van der Waals surface area contributed by atoms with Crippen molar-refractivity contribution in [3.8, 4) is 6.07 Å². The highest BCUT2D eigenvalue weighted by molar-refractivity contribution is 6.04. The van der Waals surface area contributed by atoms with Gasteiger partial charge >= 0.3 is 6.18 Å². The molecule has 0 fully saturated rings. The fourth-order valence-corrected chi connectivity index (χ4v) is 0.975. The van der Waals surface area contributed by atoms with Crippen LogP contribution in [0.4, 0.5) is 13.2 Å². The highest BCUT2D eigenvalue weighted by atomic mass is 19.4. The predicted octanol–water partition coefficient (Wildman–Crippen LogP) is 0.969. The molecule has 0 aliphatic rings. The summed E-state index contributed by atoms with van der Waals surface area (Å²) in [5.74, 6) is -2.84. The number of halogens is 3. The number of nitrogens with one attached hydrogen (secondary N) is 1. The molecule has 0 heterocycles. The van der Waals surface area contributed by atoms with Gasteiger partial charge in [0.05, 0.1) is 6.42 Å². The van der Waals surface area contributed by atoms with Crippen molar-refractivity contribution in [2.75, 3.05) is 14.1 Å². The fourth-order valence-electron chi connectivity index (χ4n) is 0.975. The summed E-state index contributed by atoms with van der Waals surface area (Å²) in [5.41, 5.74) is 1.42. The quantitative estimate of drug-likeness (QED) is 0.354. The zero-order chi connectivity index (χ0) is 15.9. The molecule has 9 heteroatoms. The molecule has 1 N–H and O–H groups in total. The molecule has 0 atom stereocenters. The Hall–Kier alpha value is -2.37. The van der Waals surface area contributed by atoms with Gasteiger partial charge in [-0.25, -0.2) is 5.43 Å². The Labute approximate surface area is 113 Å². The van der Waals surface area contributed by atoms with Crippen LogP contribution in [-0.4, -0.2) is 42.6 Å². The molecule has 20 heavy (non-hydrogen) atoms. The number of carbonyl (C=O) groups is 2. The lowest BCUT2D eigenvalue weighted by Crippen LogP contribution is -2.26. The van der Waals surface area contributed by atoms with Crippen LogP contribution in [0, 0.1) is 11.3 Å². The monoisotopic (exact) mass is 290 g/mol. The van der Waals surface area contributed by atoms with Gasteiger partial charge in [-0.05, 0) is 6.92 Å². The van der Waals surface area contributed by atoms with Crippen molar-refractivity contribution >= 4 is 17.4 Å². The predicted molar refractivity (Wildman–Crippen MR) is 64.3 cm³/mol. The van der Waals surface area contributed by atoms with E-state index in [-0.39, 0.29) is 11.3 Å². The Kier molecular flexibility index (Phi) is 6.41. The first-order valence-corrected chi connectivity index (χ1v) is 5.29. The average molecular weight is 290 g/mol. The van der Waals surface area contributed by atoms with E-state index < -0.39 is 24.3 Å². The summed E-state index contributed by atoms with van der Waals surface area (Å²) in [4.78, 5) is 23.6. The summed E-state index contributed by atoms with van der Waals surface area (Å²) in [5, 5.41) is 12.0. The van der Waals surface area contributed by atoms with Crippen molar-refractivity contribution in [2.45, 2.75) is 19.5 Å². The molecule has 0 rings (SSSR count). The van der Waals surface area contributed by atoms with E-state index in [9.17, 15) is 22.8 Å².